The maximum Gasteiger partial charge on any atom is 0.0672 e. The Morgan fingerprint density at radius 1 is 1.21 bits per heavy atom. The molecule has 1 N–H and O–H groups in total. The van der Waals surface area contributed by atoms with E-state index in [1.165, 1.54) is 38.5 Å². The number of nitrogens with zero attached hydrogens (tertiary/aromatic N) is 1. The lowest BCUT2D eigenvalue weighted by Crippen LogP contribution is -2.42. The summed E-state index contributed by atoms with van der Waals surface area (Å²) in [6.07, 6.45) is 8.74. The van der Waals surface area contributed by atoms with E-state index in [2.05, 4.69) is 18.3 Å². The van der Waals surface area contributed by atoms with Gasteiger partial charge < -0.3 is 5.32 Å². The van der Waals surface area contributed by atoms with Crippen molar-refractivity contribution < 1.29 is 0 Å². The van der Waals surface area contributed by atoms with E-state index in [0.29, 0.717) is 11.6 Å². The Kier molecular flexibility index (Phi) is 2.78. The van der Waals surface area contributed by atoms with E-state index in [-0.39, 0.29) is 5.92 Å². The summed E-state index contributed by atoms with van der Waals surface area (Å²) >= 11 is 0. The minimum Gasteiger partial charge on any atom is -0.307 e. The van der Waals surface area contributed by atoms with E-state index in [0.717, 1.165) is 6.42 Å². The van der Waals surface area contributed by atoms with Crippen LogP contribution >= 0.6 is 0 Å². The van der Waals surface area contributed by atoms with E-state index in [4.69, 9.17) is 5.26 Å². The van der Waals surface area contributed by atoms with E-state index < -0.39 is 0 Å². The molecular weight excluding hydrogens is 172 g/mol. The maximum absolute atomic E-state index is 9.11. The van der Waals surface area contributed by atoms with Crippen molar-refractivity contribution in [2.75, 3.05) is 0 Å². The van der Waals surface area contributed by atoms with E-state index >= 15 is 0 Å². The molecule has 2 aliphatic carbocycles. The second-order valence-electron chi connectivity index (χ2n) is 5.19. The molecule has 2 nitrogen and oxygen atoms in total. The quantitative estimate of drug-likeness (QED) is 0.683. The fraction of sp³-hybridized carbons (Fsp3) is 0.917. The summed E-state index contributed by atoms with van der Waals surface area (Å²) < 4.78 is 0. The Labute approximate surface area is 86.7 Å². The summed E-state index contributed by atoms with van der Waals surface area (Å²) in [5.41, 5.74) is 0.379. The predicted octanol–water partition coefficient (Wildman–Crippen LogP) is 2.60. The van der Waals surface area contributed by atoms with Crippen molar-refractivity contribution in [2.24, 2.45) is 5.92 Å². The van der Waals surface area contributed by atoms with Gasteiger partial charge in [-0.15, -0.1) is 0 Å². The third kappa shape index (κ3) is 2.27. The lowest BCUT2D eigenvalue weighted by molar-refractivity contribution is 0.348. The zero-order valence-electron chi connectivity index (χ0n) is 9.05. The number of hydrogen-bond donors (Lipinski definition) is 1. The van der Waals surface area contributed by atoms with Crippen LogP contribution in [0.1, 0.15) is 51.9 Å². The SMILES string of the molecule is CC1(NC2CCCCCC2C#N)CC1. The monoisotopic (exact) mass is 192 g/mol. The second kappa shape index (κ2) is 3.90. The molecule has 2 aliphatic rings. The van der Waals surface area contributed by atoms with Crippen molar-refractivity contribution in [1.29, 1.82) is 5.26 Å². The first-order chi connectivity index (χ1) is 6.73. The molecular formula is C12H20N2. The standard InChI is InChI=1S/C12H20N2/c1-12(7-8-12)14-11-6-4-2-3-5-10(11)9-13/h10-11,14H,2-8H2,1H3. The first-order valence-corrected chi connectivity index (χ1v) is 5.91. The van der Waals surface area contributed by atoms with Crippen LogP contribution in [-0.2, 0) is 0 Å². The minimum absolute atomic E-state index is 0.259. The average Bonchev–Trinajstić information content (AvgIpc) is 2.91. The Morgan fingerprint density at radius 2 is 1.93 bits per heavy atom. The molecule has 2 fully saturated rings. The van der Waals surface area contributed by atoms with Gasteiger partial charge in [0.25, 0.3) is 0 Å². The molecule has 0 saturated heterocycles. The van der Waals surface area contributed by atoms with Crippen molar-refractivity contribution in [3.8, 4) is 6.07 Å². The summed E-state index contributed by atoms with van der Waals surface area (Å²) in [5, 5.41) is 12.8. The van der Waals surface area contributed by atoms with Crippen LogP contribution in [0.4, 0.5) is 0 Å². The Hall–Kier alpha value is -0.550. The lowest BCUT2D eigenvalue weighted by atomic mass is 9.95. The zero-order valence-corrected chi connectivity index (χ0v) is 9.05. The molecule has 0 bridgehead atoms. The highest BCUT2D eigenvalue weighted by molar-refractivity contribution is 5.03. The van der Waals surface area contributed by atoms with Crippen LogP contribution in [0.2, 0.25) is 0 Å². The smallest absolute Gasteiger partial charge is 0.0672 e. The molecule has 0 aromatic rings. The van der Waals surface area contributed by atoms with E-state index in [1.54, 1.807) is 0 Å². The van der Waals surface area contributed by atoms with Gasteiger partial charge in [-0.3, -0.25) is 0 Å². The highest BCUT2D eigenvalue weighted by Crippen LogP contribution is 2.37. The number of nitriles is 1. The molecule has 14 heavy (non-hydrogen) atoms. The van der Waals surface area contributed by atoms with Crippen molar-refractivity contribution in [2.45, 2.75) is 63.5 Å². The summed E-state index contributed by atoms with van der Waals surface area (Å²) in [6, 6.07) is 2.95. The second-order valence-corrected chi connectivity index (χ2v) is 5.19. The molecule has 78 valence electrons. The molecule has 2 unspecified atom stereocenters. The van der Waals surface area contributed by atoms with Crippen LogP contribution in [0.25, 0.3) is 0 Å². The third-order valence-corrected chi connectivity index (χ3v) is 3.72. The fourth-order valence-corrected chi connectivity index (χ4v) is 2.41. The number of rotatable bonds is 2. The number of hydrogen-bond acceptors (Lipinski definition) is 2. The fourth-order valence-electron chi connectivity index (χ4n) is 2.41. The Morgan fingerprint density at radius 3 is 2.57 bits per heavy atom. The van der Waals surface area contributed by atoms with Crippen LogP contribution in [0.3, 0.4) is 0 Å². The molecule has 2 rings (SSSR count). The van der Waals surface area contributed by atoms with Crippen LogP contribution < -0.4 is 5.32 Å². The van der Waals surface area contributed by atoms with E-state index in [9.17, 15) is 0 Å². The maximum atomic E-state index is 9.11. The molecule has 2 saturated carbocycles. The molecule has 0 aromatic heterocycles. The normalized spacial score (nSPS) is 35.7. The molecule has 0 spiro atoms. The molecule has 2 heteroatoms. The van der Waals surface area contributed by atoms with Crippen molar-refractivity contribution in [3.05, 3.63) is 0 Å². The lowest BCUT2D eigenvalue weighted by Gasteiger charge is -2.25. The van der Waals surface area contributed by atoms with Gasteiger partial charge in [-0.25, -0.2) is 0 Å². The minimum atomic E-state index is 0.259. The highest BCUT2D eigenvalue weighted by Gasteiger charge is 2.40. The first kappa shape index (κ1) is 9.98. The average molecular weight is 192 g/mol. The molecule has 0 radical (unpaired) electrons. The zero-order chi connectivity index (χ0) is 10.0. The summed E-state index contributed by atoms with van der Waals surface area (Å²) in [6.45, 7) is 2.28. The molecule has 0 aliphatic heterocycles. The van der Waals surface area contributed by atoms with Gasteiger partial charge in [-0.2, -0.15) is 5.26 Å². The van der Waals surface area contributed by atoms with Crippen molar-refractivity contribution in [3.63, 3.8) is 0 Å². The Bertz CT molecular complexity index is 237. The molecule has 0 amide bonds. The van der Waals surface area contributed by atoms with Crippen LogP contribution in [-0.4, -0.2) is 11.6 Å². The summed E-state index contributed by atoms with van der Waals surface area (Å²) in [4.78, 5) is 0. The molecule has 0 aromatic carbocycles. The number of nitrogens with one attached hydrogen (secondary N) is 1. The van der Waals surface area contributed by atoms with E-state index in [1.807, 2.05) is 0 Å². The first-order valence-electron chi connectivity index (χ1n) is 5.91. The van der Waals surface area contributed by atoms with Crippen LogP contribution in [0.5, 0.6) is 0 Å². The third-order valence-electron chi connectivity index (χ3n) is 3.72. The summed E-state index contributed by atoms with van der Waals surface area (Å²) in [7, 11) is 0. The van der Waals surface area contributed by atoms with Crippen LogP contribution in [0.15, 0.2) is 0 Å². The van der Waals surface area contributed by atoms with Gasteiger partial charge >= 0.3 is 0 Å². The Balaban J connectivity index is 1.95. The molecule has 0 heterocycles. The highest BCUT2D eigenvalue weighted by atomic mass is 15.0. The van der Waals surface area contributed by atoms with Gasteiger partial charge in [0.05, 0.1) is 12.0 Å². The predicted molar refractivity (Wildman–Crippen MR) is 56.8 cm³/mol. The van der Waals surface area contributed by atoms with Crippen molar-refractivity contribution >= 4 is 0 Å². The van der Waals surface area contributed by atoms with Gasteiger partial charge in [0.2, 0.25) is 0 Å². The molecule has 2 atom stereocenters. The van der Waals surface area contributed by atoms with Crippen molar-refractivity contribution in [1.82, 2.24) is 5.32 Å². The van der Waals surface area contributed by atoms with Gasteiger partial charge in [0, 0.05) is 11.6 Å². The topological polar surface area (TPSA) is 35.8 Å². The van der Waals surface area contributed by atoms with Gasteiger partial charge in [-0.05, 0) is 32.6 Å². The van der Waals surface area contributed by atoms with Gasteiger partial charge in [-0.1, -0.05) is 19.3 Å². The summed E-state index contributed by atoms with van der Waals surface area (Å²) in [5.74, 6) is 0.259. The van der Waals surface area contributed by atoms with Gasteiger partial charge in [0.1, 0.15) is 0 Å². The van der Waals surface area contributed by atoms with Crippen LogP contribution in [0, 0.1) is 17.2 Å². The largest absolute Gasteiger partial charge is 0.307 e. The van der Waals surface area contributed by atoms with Gasteiger partial charge in [0.15, 0.2) is 0 Å².